The Labute approximate surface area is 139 Å². The first-order valence-electron chi connectivity index (χ1n) is 6.67. The molecule has 7 heteroatoms. The van der Waals surface area contributed by atoms with E-state index in [0.717, 1.165) is 6.07 Å². The third kappa shape index (κ3) is 4.72. The van der Waals surface area contributed by atoms with Crippen LogP contribution >= 0.6 is 15.9 Å². The Morgan fingerprint density at radius 3 is 2.43 bits per heavy atom. The van der Waals surface area contributed by atoms with Gasteiger partial charge in [-0.15, -0.1) is 0 Å². The molecule has 0 bridgehead atoms. The fraction of sp³-hybridized carbons (Fsp3) is 0.188. The largest absolute Gasteiger partial charge is 0.435 e. The summed E-state index contributed by atoms with van der Waals surface area (Å²) in [6.45, 7) is -1.16. The van der Waals surface area contributed by atoms with E-state index in [4.69, 9.17) is 0 Å². The molecule has 0 saturated heterocycles. The molecule has 0 spiro atoms. The lowest BCUT2D eigenvalue weighted by Crippen LogP contribution is -2.27. The van der Waals surface area contributed by atoms with Crippen LogP contribution in [0, 0.1) is 5.82 Å². The minimum absolute atomic E-state index is 0.0372. The predicted octanol–water partition coefficient (Wildman–Crippen LogP) is 4.68. The number of rotatable bonds is 5. The molecule has 122 valence electrons. The molecule has 0 saturated carbocycles. The summed E-state index contributed by atoms with van der Waals surface area (Å²) < 4.78 is 42.2. The summed E-state index contributed by atoms with van der Waals surface area (Å²) in [7, 11) is 0. The smallest absolute Gasteiger partial charge is 0.387 e. The van der Waals surface area contributed by atoms with Crippen LogP contribution in [0.5, 0.6) is 5.75 Å². The standard InChI is InChI=1S/C16H13BrF3NO2/c1-9(10-2-5-12(6-3-10)23-16(19)20)21-15(22)13-8-11(18)4-7-14(13)17/h2-9,16H,1H3,(H,21,22). The Morgan fingerprint density at radius 1 is 1.17 bits per heavy atom. The highest BCUT2D eigenvalue weighted by Crippen LogP contribution is 2.21. The molecule has 2 rings (SSSR count). The van der Waals surface area contributed by atoms with Crippen LogP contribution in [0.3, 0.4) is 0 Å². The van der Waals surface area contributed by atoms with Crippen molar-refractivity contribution in [3.05, 3.63) is 63.9 Å². The van der Waals surface area contributed by atoms with Crippen LogP contribution in [-0.4, -0.2) is 12.5 Å². The van der Waals surface area contributed by atoms with Gasteiger partial charge in [-0.25, -0.2) is 4.39 Å². The molecule has 1 N–H and O–H groups in total. The average Bonchev–Trinajstić information content (AvgIpc) is 2.49. The Hall–Kier alpha value is -2.02. The van der Waals surface area contributed by atoms with Gasteiger partial charge in [0, 0.05) is 4.47 Å². The van der Waals surface area contributed by atoms with Crippen molar-refractivity contribution < 1.29 is 22.7 Å². The van der Waals surface area contributed by atoms with Gasteiger partial charge < -0.3 is 10.1 Å². The molecule has 0 fully saturated rings. The summed E-state index contributed by atoms with van der Waals surface area (Å²) in [6.07, 6.45) is 0. The second-order valence-corrected chi connectivity index (χ2v) is 5.62. The number of benzene rings is 2. The summed E-state index contributed by atoms with van der Waals surface area (Å²) >= 11 is 3.19. The molecule has 2 aromatic carbocycles. The summed E-state index contributed by atoms with van der Waals surface area (Å²) in [4.78, 5) is 12.2. The first-order chi connectivity index (χ1) is 10.9. The molecule has 0 radical (unpaired) electrons. The summed E-state index contributed by atoms with van der Waals surface area (Å²) in [5, 5.41) is 2.72. The lowest BCUT2D eigenvalue weighted by Gasteiger charge is -2.15. The van der Waals surface area contributed by atoms with Gasteiger partial charge in [0.1, 0.15) is 11.6 Å². The first-order valence-corrected chi connectivity index (χ1v) is 7.47. The Bertz CT molecular complexity index is 692. The highest BCUT2D eigenvalue weighted by molar-refractivity contribution is 9.10. The molecule has 0 aromatic heterocycles. The van der Waals surface area contributed by atoms with Crippen LogP contribution in [0.25, 0.3) is 0 Å². The first kappa shape index (κ1) is 17.3. The molecule has 0 aliphatic carbocycles. The van der Waals surface area contributed by atoms with E-state index in [1.165, 1.54) is 24.3 Å². The molecule has 1 atom stereocenters. The van der Waals surface area contributed by atoms with Gasteiger partial charge in [-0.2, -0.15) is 8.78 Å². The minimum atomic E-state index is -2.89. The maximum atomic E-state index is 13.2. The van der Waals surface area contributed by atoms with E-state index >= 15 is 0 Å². The zero-order valence-corrected chi connectivity index (χ0v) is 13.6. The molecule has 2 aromatic rings. The maximum absolute atomic E-state index is 13.2. The van der Waals surface area contributed by atoms with E-state index in [0.29, 0.717) is 10.0 Å². The SMILES string of the molecule is CC(NC(=O)c1cc(F)ccc1Br)c1ccc(OC(F)F)cc1. The number of carbonyl (C=O) groups excluding carboxylic acids is 1. The molecule has 0 aliphatic rings. The van der Waals surface area contributed by atoms with Crippen molar-refractivity contribution in [1.82, 2.24) is 5.32 Å². The third-order valence-corrected chi connectivity index (χ3v) is 3.82. The predicted molar refractivity (Wildman–Crippen MR) is 83.1 cm³/mol. The number of carbonyl (C=O) groups is 1. The fourth-order valence-corrected chi connectivity index (χ4v) is 2.39. The summed E-state index contributed by atoms with van der Waals surface area (Å²) in [6, 6.07) is 9.36. The fourth-order valence-electron chi connectivity index (χ4n) is 1.97. The Balaban J connectivity index is 2.07. The third-order valence-electron chi connectivity index (χ3n) is 3.13. The van der Waals surface area contributed by atoms with E-state index in [1.54, 1.807) is 19.1 Å². The number of hydrogen-bond donors (Lipinski definition) is 1. The van der Waals surface area contributed by atoms with Gasteiger partial charge in [0.15, 0.2) is 0 Å². The van der Waals surface area contributed by atoms with Crippen LogP contribution in [0.4, 0.5) is 13.2 Å². The van der Waals surface area contributed by atoms with Crippen LogP contribution in [-0.2, 0) is 0 Å². The number of nitrogens with one attached hydrogen (secondary N) is 1. The number of amides is 1. The van der Waals surface area contributed by atoms with Gasteiger partial charge in [0.2, 0.25) is 0 Å². The normalized spacial score (nSPS) is 12.1. The number of alkyl halides is 2. The number of hydrogen-bond acceptors (Lipinski definition) is 2. The van der Waals surface area contributed by atoms with Crippen molar-refractivity contribution in [3.63, 3.8) is 0 Å². The summed E-state index contributed by atoms with van der Waals surface area (Å²) in [5.41, 5.74) is 0.877. The molecule has 1 unspecified atom stereocenters. The van der Waals surface area contributed by atoms with E-state index < -0.39 is 24.4 Å². The van der Waals surface area contributed by atoms with E-state index in [2.05, 4.69) is 26.0 Å². The molecule has 0 heterocycles. The molecule has 23 heavy (non-hydrogen) atoms. The number of ether oxygens (including phenoxy) is 1. The van der Waals surface area contributed by atoms with Crippen molar-refractivity contribution in [2.24, 2.45) is 0 Å². The Morgan fingerprint density at radius 2 is 1.83 bits per heavy atom. The van der Waals surface area contributed by atoms with Crippen molar-refractivity contribution in [2.75, 3.05) is 0 Å². The average molecular weight is 388 g/mol. The molecule has 1 amide bonds. The molecule has 0 aliphatic heterocycles. The van der Waals surface area contributed by atoms with Crippen molar-refractivity contribution in [3.8, 4) is 5.75 Å². The van der Waals surface area contributed by atoms with Crippen LogP contribution in [0.1, 0.15) is 28.9 Å². The molecule has 3 nitrogen and oxygen atoms in total. The zero-order chi connectivity index (χ0) is 17.0. The van der Waals surface area contributed by atoms with Crippen LogP contribution in [0.2, 0.25) is 0 Å². The second-order valence-electron chi connectivity index (χ2n) is 4.77. The van der Waals surface area contributed by atoms with E-state index in [-0.39, 0.29) is 11.3 Å². The maximum Gasteiger partial charge on any atom is 0.387 e. The van der Waals surface area contributed by atoms with Crippen LogP contribution < -0.4 is 10.1 Å². The van der Waals surface area contributed by atoms with Gasteiger partial charge in [0.25, 0.3) is 5.91 Å². The highest BCUT2D eigenvalue weighted by Gasteiger charge is 2.15. The van der Waals surface area contributed by atoms with Gasteiger partial charge >= 0.3 is 6.61 Å². The van der Waals surface area contributed by atoms with Crippen LogP contribution in [0.15, 0.2) is 46.9 Å². The van der Waals surface area contributed by atoms with Crippen molar-refractivity contribution in [2.45, 2.75) is 19.6 Å². The van der Waals surface area contributed by atoms with Gasteiger partial charge in [0.05, 0.1) is 11.6 Å². The van der Waals surface area contributed by atoms with E-state index in [1.807, 2.05) is 0 Å². The van der Waals surface area contributed by atoms with Gasteiger partial charge in [-0.05, 0) is 58.7 Å². The Kier molecular flexibility index (Phi) is 5.65. The lowest BCUT2D eigenvalue weighted by atomic mass is 10.1. The van der Waals surface area contributed by atoms with Gasteiger partial charge in [-0.1, -0.05) is 12.1 Å². The monoisotopic (exact) mass is 387 g/mol. The quantitative estimate of drug-likeness (QED) is 0.808. The second kappa shape index (κ2) is 7.50. The van der Waals surface area contributed by atoms with E-state index in [9.17, 15) is 18.0 Å². The lowest BCUT2D eigenvalue weighted by molar-refractivity contribution is -0.0498. The topological polar surface area (TPSA) is 38.3 Å². The highest BCUT2D eigenvalue weighted by atomic mass is 79.9. The number of halogens is 4. The van der Waals surface area contributed by atoms with Gasteiger partial charge in [-0.3, -0.25) is 4.79 Å². The molecular formula is C16H13BrF3NO2. The van der Waals surface area contributed by atoms with Crippen molar-refractivity contribution in [1.29, 1.82) is 0 Å². The summed E-state index contributed by atoms with van der Waals surface area (Å²) in [5.74, 6) is -0.925. The van der Waals surface area contributed by atoms with Crippen molar-refractivity contribution >= 4 is 21.8 Å². The molecular weight excluding hydrogens is 375 g/mol. The minimum Gasteiger partial charge on any atom is -0.435 e. The zero-order valence-electron chi connectivity index (χ0n) is 12.0.